The molecule has 0 atom stereocenters. The van der Waals surface area contributed by atoms with Crippen molar-refractivity contribution in [3.05, 3.63) is 18.0 Å². The van der Waals surface area contributed by atoms with Gasteiger partial charge in [-0.2, -0.15) is 0 Å². The average Bonchev–Trinajstić information content (AvgIpc) is 1.99. The molecular formula is C7H10ClO2. The van der Waals surface area contributed by atoms with Crippen LogP contribution < -0.4 is 0 Å². The van der Waals surface area contributed by atoms with Crippen LogP contribution in [0.3, 0.4) is 0 Å². The van der Waals surface area contributed by atoms with Crippen LogP contribution in [0.1, 0.15) is 12.8 Å². The van der Waals surface area contributed by atoms with Crippen LogP contribution in [0, 0.1) is 5.38 Å². The molecule has 0 aliphatic carbocycles. The van der Waals surface area contributed by atoms with E-state index < -0.39 is 0 Å². The lowest BCUT2D eigenvalue weighted by molar-refractivity contribution is -0.140. The zero-order valence-electron chi connectivity index (χ0n) is 5.89. The lowest BCUT2D eigenvalue weighted by atomic mass is 10.2. The number of hydrogen-bond donors (Lipinski definition) is 0. The predicted octanol–water partition coefficient (Wildman–Crippen LogP) is 1.90. The standard InChI is InChI=1S/C7H10ClO2/c1-3-6(8)4-5-7(9)10-2/h3H,1,4-5H2,2H3. The second-order valence-corrected chi connectivity index (χ2v) is 2.21. The maximum atomic E-state index is 10.5. The Bertz CT molecular complexity index is 123. The Labute approximate surface area is 65.8 Å². The molecule has 0 N–H and O–H groups in total. The minimum absolute atomic E-state index is 0.250. The van der Waals surface area contributed by atoms with Crippen molar-refractivity contribution in [3.63, 3.8) is 0 Å². The van der Waals surface area contributed by atoms with Crippen molar-refractivity contribution in [3.8, 4) is 0 Å². The zero-order valence-corrected chi connectivity index (χ0v) is 6.65. The fraction of sp³-hybridized carbons (Fsp3) is 0.429. The second-order valence-electron chi connectivity index (χ2n) is 1.73. The number of esters is 1. The molecule has 0 aliphatic heterocycles. The third-order valence-corrected chi connectivity index (χ3v) is 1.36. The van der Waals surface area contributed by atoms with E-state index in [0.29, 0.717) is 18.2 Å². The lowest BCUT2D eigenvalue weighted by Crippen LogP contribution is -2.00. The van der Waals surface area contributed by atoms with Crippen molar-refractivity contribution < 1.29 is 9.53 Å². The normalized spacial score (nSPS) is 9.50. The van der Waals surface area contributed by atoms with Gasteiger partial charge in [0.1, 0.15) is 0 Å². The van der Waals surface area contributed by atoms with Crippen molar-refractivity contribution in [2.45, 2.75) is 12.8 Å². The smallest absolute Gasteiger partial charge is 0.305 e. The van der Waals surface area contributed by atoms with Crippen molar-refractivity contribution >= 4 is 17.6 Å². The van der Waals surface area contributed by atoms with E-state index in [1.165, 1.54) is 13.2 Å². The van der Waals surface area contributed by atoms with Crippen LogP contribution in [0.2, 0.25) is 0 Å². The summed E-state index contributed by atoms with van der Waals surface area (Å²) < 4.78 is 4.40. The molecule has 0 saturated carbocycles. The number of methoxy groups -OCH3 is 1. The fourth-order valence-electron chi connectivity index (χ4n) is 0.426. The molecule has 10 heavy (non-hydrogen) atoms. The highest BCUT2D eigenvalue weighted by Crippen LogP contribution is 2.14. The van der Waals surface area contributed by atoms with Crippen molar-refractivity contribution in [1.29, 1.82) is 0 Å². The highest BCUT2D eigenvalue weighted by atomic mass is 35.5. The Hall–Kier alpha value is -0.500. The molecule has 0 aliphatic rings. The van der Waals surface area contributed by atoms with Crippen LogP contribution in [0.5, 0.6) is 0 Å². The molecule has 0 aromatic heterocycles. The van der Waals surface area contributed by atoms with Gasteiger partial charge >= 0.3 is 5.97 Å². The summed E-state index contributed by atoms with van der Waals surface area (Å²) in [5.74, 6) is -0.250. The summed E-state index contributed by atoms with van der Waals surface area (Å²) in [6.07, 6.45) is 2.35. The minimum atomic E-state index is -0.250. The number of rotatable bonds is 4. The summed E-state index contributed by atoms with van der Waals surface area (Å²) in [6.45, 7) is 3.44. The molecule has 0 heterocycles. The van der Waals surface area contributed by atoms with Gasteiger partial charge in [-0.25, -0.2) is 0 Å². The lowest BCUT2D eigenvalue weighted by Gasteiger charge is -1.99. The topological polar surface area (TPSA) is 26.3 Å². The number of ether oxygens (including phenoxy) is 1. The average molecular weight is 162 g/mol. The van der Waals surface area contributed by atoms with Gasteiger partial charge in [0.2, 0.25) is 0 Å². The molecule has 0 spiro atoms. The van der Waals surface area contributed by atoms with Gasteiger partial charge < -0.3 is 4.74 Å². The molecule has 0 fully saturated rings. The van der Waals surface area contributed by atoms with E-state index in [4.69, 9.17) is 11.6 Å². The summed E-state index contributed by atoms with van der Waals surface area (Å²) in [6, 6.07) is 0. The number of carbonyl (C=O) groups excluding carboxylic acids is 1. The van der Waals surface area contributed by atoms with Crippen molar-refractivity contribution in [2.75, 3.05) is 7.11 Å². The molecule has 3 heteroatoms. The van der Waals surface area contributed by atoms with Crippen LogP contribution in [0.15, 0.2) is 12.7 Å². The first-order valence-corrected chi connectivity index (χ1v) is 3.29. The molecular weight excluding hydrogens is 152 g/mol. The first-order valence-electron chi connectivity index (χ1n) is 2.91. The summed E-state index contributed by atoms with van der Waals surface area (Å²) in [7, 11) is 1.35. The van der Waals surface area contributed by atoms with Gasteiger partial charge in [0.05, 0.1) is 12.5 Å². The second kappa shape index (κ2) is 5.30. The van der Waals surface area contributed by atoms with Crippen LogP contribution in [0.4, 0.5) is 0 Å². The Morgan fingerprint density at radius 2 is 2.30 bits per heavy atom. The van der Waals surface area contributed by atoms with E-state index in [1.54, 1.807) is 0 Å². The van der Waals surface area contributed by atoms with Crippen LogP contribution in [-0.4, -0.2) is 13.1 Å². The third kappa shape index (κ3) is 4.39. The summed E-state index contributed by atoms with van der Waals surface area (Å²) in [5.41, 5.74) is 0. The van der Waals surface area contributed by atoms with Gasteiger partial charge in [-0.15, -0.1) is 18.2 Å². The monoisotopic (exact) mass is 161 g/mol. The van der Waals surface area contributed by atoms with E-state index in [-0.39, 0.29) is 5.97 Å². The number of hydrogen-bond acceptors (Lipinski definition) is 2. The Balaban J connectivity index is 3.34. The van der Waals surface area contributed by atoms with Gasteiger partial charge in [-0.3, -0.25) is 4.79 Å². The summed E-state index contributed by atoms with van der Waals surface area (Å²) in [5, 5.41) is 0.588. The molecule has 0 saturated heterocycles. The number of carbonyl (C=O) groups is 1. The van der Waals surface area contributed by atoms with E-state index in [2.05, 4.69) is 11.3 Å². The third-order valence-electron chi connectivity index (χ3n) is 1.02. The van der Waals surface area contributed by atoms with Gasteiger partial charge in [0.25, 0.3) is 0 Å². The highest BCUT2D eigenvalue weighted by molar-refractivity contribution is 6.28. The maximum Gasteiger partial charge on any atom is 0.305 e. The van der Waals surface area contributed by atoms with Gasteiger partial charge in [-0.1, -0.05) is 6.08 Å². The molecule has 0 aromatic rings. The largest absolute Gasteiger partial charge is 0.469 e. The summed E-state index contributed by atoms with van der Waals surface area (Å²) in [4.78, 5) is 10.5. The van der Waals surface area contributed by atoms with E-state index in [9.17, 15) is 4.79 Å². The molecule has 0 rings (SSSR count). The SMILES string of the molecule is C=C[C](Cl)CCC(=O)OC. The molecule has 0 aromatic carbocycles. The Morgan fingerprint density at radius 3 is 2.70 bits per heavy atom. The van der Waals surface area contributed by atoms with E-state index in [1.807, 2.05) is 0 Å². The molecule has 57 valence electrons. The van der Waals surface area contributed by atoms with Gasteiger partial charge in [0.15, 0.2) is 0 Å². The minimum Gasteiger partial charge on any atom is -0.469 e. The molecule has 2 nitrogen and oxygen atoms in total. The van der Waals surface area contributed by atoms with Crippen LogP contribution in [0.25, 0.3) is 0 Å². The number of halogens is 1. The van der Waals surface area contributed by atoms with E-state index >= 15 is 0 Å². The van der Waals surface area contributed by atoms with Crippen LogP contribution in [-0.2, 0) is 9.53 Å². The first kappa shape index (κ1) is 9.50. The first-order chi connectivity index (χ1) is 4.70. The quantitative estimate of drug-likeness (QED) is 0.589. The molecule has 1 radical (unpaired) electrons. The van der Waals surface area contributed by atoms with Gasteiger partial charge in [0, 0.05) is 6.42 Å². The fourth-order valence-corrected chi connectivity index (χ4v) is 0.520. The Kier molecular flexibility index (Phi) is 5.03. The Morgan fingerprint density at radius 1 is 1.70 bits per heavy atom. The molecule has 0 unspecified atom stereocenters. The predicted molar refractivity (Wildman–Crippen MR) is 40.5 cm³/mol. The summed E-state index contributed by atoms with van der Waals surface area (Å²) >= 11 is 5.56. The maximum absolute atomic E-state index is 10.5. The van der Waals surface area contributed by atoms with E-state index in [0.717, 1.165) is 0 Å². The zero-order chi connectivity index (χ0) is 7.98. The highest BCUT2D eigenvalue weighted by Gasteiger charge is 2.04. The van der Waals surface area contributed by atoms with Crippen molar-refractivity contribution in [1.82, 2.24) is 0 Å². The van der Waals surface area contributed by atoms with Crippen LogP contribution >= 0.6 is 11.6 Å². The van der Waals surface area contributed by atoms with Crippen molar-refractivity contribution in [2.24, 2.45) is 0 Å². The van der Waals surface area contributed by atoms with Gasteiger partial charge in [-0.05, 0) is 6.42 Å². The molecule has 0 bridgehead atoms. The number of allylic oxidation sites excluding steroid dienone is 1. The molecule has 0 amide bonds.